The van der Waals surface area contributed by atoms with E-state index in [9.17, 15) is 19.3 Å². The van der Waals surface area contributed by atoms with Crippen LogP contribution in [0.1, 0.15) is 6.23 Å². The van der Waals surface area contributed by atoms with Gasteiger partial charge in [0.15, 0.2) is 17.7 Å². The van der Waals surface area contributed by atoms with E-state index >= 15 is 0 Å². The molecule has 3 rings (SSSR count). The summed E-state index contributed by atoms with van der Waals surface area (Å²) >= 11 is 5.77. The van der Waals surface area contributed by atoms with Crippen molar-refractivity contribution in [3.63, 3.8) is 0 Å². The maximum Gasteiger partial charge on any atom is 0.476 e. The number of rotatable bonds is 6. The van der Waals surface area contributed by atoms with E-state index < -0.39 is 46.4 Å². The minimum Gasteiger partial charge on any atom is -0.387 e. The lowest BCUT2D eigenvalue weighted by Crippen LogP contribution is -2.33. The van der Waals surface area contributed by atoms with E-state index in [-0.39, 0.29) is 22.3 Å². The molecule has 0 aromatic carbocycles. The number of imidazole rings is 1. The van der Waals surface area contributed by atoms with Crippen molar-refractivity contribution < 1.29 is 42.7 Å². The third-order valence-corrected chi connectivity index (χ3v) is 6.11. The lowest BCUT2D eigenvalue weighted by Gasteiger charge is -2.19. The number of aromatic nitrogens is 4. The molecule has 14 nitrogen and oxygen atoms in total. The third kappa shape index (κ3) is 4.55. The molecule has 1 aliphatic rings. The SMILES string of the molecule is [B][P@@](=O)(OC[C@H]1O[C@@H](n2cnc3c(N)nc(Cl)nc32)[C@H](O)[C@@H]1O)OP(=O)(O)O. The molecule has 0 saturated carbocycles. The number of fused-ring (bicyclic) bond motifs is 1. The largest absolute Gasteiger partial charge is 0.476 e. The van der Waals surface area contributed by atoms with Crippen LogP contribution in [0.4, 0.5) is 5.82 Å². The lowest BCUT2D eigenvalue weighted by atomic mass is 10.1. The second-order valence-electron chi connectivity index (χ2n) is 5.66. The number of halogens is 1. The second-order valence-corrected chi connectivity index (χ2v) is 8.97. The third-order valence-electron chi connectivity index (χ3n) is 3.67. The van der Waals surface area contributed by atoms with Crippen LogP contribution in [0, 0.1) is 0 Å². The predicted molar refractivity (Wildman–Crippen MR) is 93.1 cm³/mol. The summed E-state index contributed by atoms with van der Waals surface area (Å²) in [6.45, 7) is -0.715. The molecule has 0 unspecified atom stereocenters. The molecule has 1 saturated heterocycles. The molecule has 6 N–H and O–H groups in total. The van der Waals surface area contributed by atoms with E-state index in [1.165, 1.54) is 10.9 Å². The van der Waals surface area contributed by atoms with E-state index in [2.05, 4.69) is 23.8 Å². The summed E-state index contributed by atoms with van der Waals surface area (Å²) in [5.74, 6) is -0.0136. The molecular formula is C10H13BClN5O9P2. The highest BCUT2D eigenvalue weighted by molar-refractivity contribution is 7.83. The number of nitrogens with zero attached hydrogens (tertiary/aromatic N) is 4. The Labute approximate surface area is 162 Å². The molecule has 152 valence electrons. The highest BCUT2D eigenvalue weighted by atomic mass is 35.5. The first kappa shape index (κ1) is 21.6. The fraction of sp³-hybridized carbons (Fsp3) is 0.500. The number of nitrogen functional groups attached to an aromatic ring is 1. The molecule has 0 aliphatic carbocycles. The summed E-state index contributed by atoms with van der Waals surface area (Å²) in [6.07, 6.45) is -4.35. The number of ether oxygens (including phenoxy) is 1. The quantitative estimate of drug-likeness (QED) is 0.203. The van der Waals surface area contributed by atoms with Gasteiger partial charge in [0.1, 0.15) is 23.8 Å². The zero-order valence-corrected chi connectivity index (χ0v) is 16.2. The smallest absolute Gasteiger partial charge is 0.387 e. The van der Waals surface area contributed by atoms with Crippen LogP contribution in [0.15, 0.2) is 6.33 Å². The Balaban J connectivity index is 1.78. The van der Waals surface area contributed by atoms with Crippen LogP contribution in [-0.4, -0.2) is 72.0 Å². The van der Waals surface area contributed by atoms with E-state index in [1.54, 1.807) is 0 Å². The Hall–Kier alpha value is -1.12. The van der Waals surface area contributed by atoms with Crippen molar-refractivity contribution in [2.75, 3.05) is 12.3 Å². The minimum atomic E-state index is -5.18. The van der Waals surface area contributed by atoms with Crippen LogP contribution in [-0.2, 0) is 22.7 Å². The average molecular weight is 455 g/mol. The molecule has 0 amide bonds. The monoisotopic (exact) mass is 455 g/mol. The first-order valence-electron chi connectivity index (χ1n) is 7.35. The fourth-order valence-electron chi connectivity index (χ4n) is 2.54. The van der Waals surface area contributed by atoms with Gasteiger partial charge in [0, 0.05) is 0 Å². The molecule has 2 aromatic rings. The minimum absolute atomic E-state index is 0.0136. The van der Waals surface area contributed by atoms with E-state index in [1.807, 2.05) is 0 Å². The standard InChI is InChI=1S/C10H13BClN5O9P2/c11-27(20,26-28(21,22)23)24-1-3-5(18)6(19)9(25-3)17-2-14-4-7(13)15-10(12)16-8(4)17/h2-3,5-6,9,18-19H,1H2,(H2,13,15,16)(H2,21,22,23)/t3-,5-,6-,9-,27-/m1/s1. The number of hydrogen-bond donors (Lipinski definition) is 5. The molecule has 28 heavy (non-hydrogen) atoms. The molecule has 0 bridgehead atoms. The number of aliphatic hydroxyl groups excluding tert-OH is 2. The Morgan fingerprint density at radius 3 is 2.64 bits per heavy atom. The highest BCUT2D eigenvalue weighted by Crippen LogP contribution is 2.57. The van der Waals surface area contributed by atoms with Crippen molar-refractivity contribution >= 4 is 51.4 Å². The van der Waals surface area contributed by atoms with Gasteiger partial charge in [-0.15, -0.1) is 0 Å². The summed E-state index contributed by atoms with van der Waals surface area (Å²) in [4.78, 5) is 29.0. The normalized spacial score (nSPS) is 27.9. The van der Waals surface area contributed by atoms with Gasteiger partial charge in [-0.1, -0.05) is 0 Å². The number of phosphoric acid groups is 1. The molecule has 2 aromatic heterocycles. The zero-order valence-electron chi connectivity index (χ0n) is 13.6. The van der Waals surface area contributed by atoms with Crippen molar-refractivity contribution in [1.82, 2.24) is 19.5 Å². The Bertz CT molecular complexity index is 988. The molecule has 0 spiro atoms. The summed E-state index contributed by atoms with van der Waals surface area (Å²) < 4.78 is 37.6. The van der Waals surface area contributed by atoms with Crippen LogP contribution in [0.3, 0.4) is 0 Å². The summed E-state index contributed by atoms with van der Waals surface area (Å²) in [5, 5.41) is 20.2. The lowest BCUT2D eigenvalue weighted by molar-refractivity contribution is -0.0479. The Morgan fingerprint density at radius 1 is 1.32 bits per heavy atom. The number of nitrogens with two attached hydrogens (primary N) is 1. The van der Waals surface area contributed by atoms with Gasteiger partial charge in [0.2, 0.25) is 12.8 Å². The van der Waals surface area contributed by atoms with Crippen molar-refractivity contribution in [3.8, 4) is 0 Å². The highest BCUT2D eigenvalue weighted by Gasteiger charge is 2.45. The number of aliphatic hydroxyl groups is 2. The molecule has 5 atom stereocenters. The van der Waals surface area contributed by atoms with Crippen molar-refractivity contribution in [3.05, 3.63) is 11.6 Å². The molecule has 2 radical (unpaired) electrons. The summed E-state index contributed by atoms with van der Waals surface area (Å²) in [7, 11) is -4.78. The van der Waals surface area contributed by atoms with Gasteiger partial charge in [-0.25, -0.2) is 13.9 Å². The van der Waals surface area contributed by atoms with Crippen LogP contribution >= 0.6 is 26.9 Å². The zero-order chi connectivity index (χ0) is 20.9. The fourth-order valence-corrected chi connectivity index (χ4v) is 4.44. The molecule has 1 fully saturated rings. The van der Waals surface area contributed by atoms with E-state index in [4.69, 9.17) is 39.4 Å². The first-order valence-corrected chi connectivity index (χ1v) is 10.9. The van der Waals surface area contributed by atoms with Crippen LogP contribution in [0.2, 0.25) is 5.28 Å². The van der Waals surface area contributed by atoms with Gasteiger partial charge in [0.05, 0.1) is 12.9 Å². The topological polar surface area (TPSA) is 212 Å². The maximum absolute atomic E-state index is 11.7. The van der Waals surface area contributed by atoms with Crippen molar-refractivity contribution in [2.24, 2.45) is 0 Å². The van der Waals surface area contributed by atoms with Crippen LogP contribution < -0.4 is 5.73 Å². The van der Waals surface area contributed by atoms with Gasteiger partial charge >= 0.3 is 7.82 Å². The summed E-state index contributed by atoms with van der Waals surface area (Å²) in [5.41, 5.74) is 5.99. The molecule has 3 heterocycles. The molecule has 18 heteroatoms. The van der Waals surface area contributed by atoms with Gasteiger partial charge in [-0.3, -0.25) is 9.13 Å². The van der Waals surface area contributed by atoms with Gasteiger partial charge < -0.3 is 35.0 Å². The number of hydrogen-bond acceptors (Lipinski definition) is 11. The van der Waals surface area contributed by atoms with Crippen molar-refractivity contribution in [2.45, 2.75) is 24.5 Å². The maximum atomic E-state index is 11.7. The molecular weight excluding hydrogens is 442 g/mol. The van der Waals surface area contributed by atoms with Gasteiger partial charge in [-0.05, 0) is 11.6 Å². The summed E-state index contributed by atoms with van der Waals surface area (Å²) in [6, 6.07) is 0. The van der Waals surface area contributed by atoms with Gasteiger partial charge in [-0.2, -0.15) is 9.97 Å². The number of anilines is 1. The van der Waals surface area contributed by atoms with Crippen molar-refractivity contribution in [1.29, 1.82) is 0 Å². The van der Waals surface area contributed by atoms with Crippen LogP contribution in [0.25, 0.3) is 11.2 Å². The Kier molecular flexibility index (Phi) is 5.87. The van der Waals surface area contributed by atoms with Crippen LogP contribution in [0.5, 0.6) is 0 Å². The first-order chi connectivity index (χ1) is 12.9. The van der Waals surface area contributed by atoms with Gasteiger partial charge in [0.25, 0.3) is 7.47 Å². The average Bonchev–Trinajstić information content (AvgIpc) is 3.06. The Morgan fingerprint density at radius 2 is 2.00 bits per heavy atom. The van der Waals surface area contributed by atoms with E-state index in [0.29, 0.717) is 0 Å². The predicted octanol–water partition coefficient (Wildman–Crippen LogP) is -0.916. The van der Waals surface area contributed by atoms with E-state index in [0.717, 1.165) is 0 Å². The molecule has 1 aliphatic heterocycles. The second kappa shape index (κ2) is 7.61.